The van der Waals surface area contributed by atoms with Crippen LogP contribution >= 0.6 is 15.9 Å². The number of halogens is 1. The molecule has 0 spiro atoms. The fourth-order valence-electron chi connectivity index (χ4n) is 1.84. The summed E-state index contributed by atoms with van der Waals surface area (Å²) in [5.41, 5.74) is 1.88. The van der Waals surface area contributed by atoms with Gasteiger partial charge in [-0.15, -0.1) is 0 Å². The third-order valence-electron chi connectivity index (χ3n) is 3.01. The summed E-state index contributed by atoms with van der Waals surface area (Å²) in [5, 5.41) is 2.99. The normalized spacial score (nSPS) is 10.5. The first-order valence-corrected chi connectivity index (χ1v) is 7.89. The molecular formula is C18H16BrNO3. The summed E-state index contributed by atoms with van der Waals surface area (Å²) in [6.45, 7) is 2.11. The lowest BCUT2D eigenvalue weighted by atomic mass is 10.1. The van der Waals surface area contributed by atoms with Crippen molar-refractivity contribution in [3.05, 3.63) is 76.4 Å². The second kappa shape index (κ2) is 8.29. The van der Waals surface area contributed by atoms with Crippen molar-refractivity contribution >= 4 is 33.4 Å². The van der Waals surface area contributed by atoms with Crippen LogP contribution < -0.4 is 5.32 Å². The van der Waals surface area contributed by atoms with Gasteiger partial charge in [-0.3, -0.25) is 4.79 Å². The highest BCUT2D eigenvalue weighted by atomic mass is 79.9. The molecule has 0 bridgehead atoms. The molecule has 0 aliphatic rings. The van der Waals surface area contributed by atoms with Crippen molar-refractivity contribution in [3.8, 4) is 0 Å². The molecule has 23 heavy (non-hydrogen) atoms. The van der Waals surface area contributed by atoms with Gasteiger partial charge in [-0.25, -0.2) is 4.79 Å². The highest BCUT2D eigenvalue weighted by Gasteiger charge is 2.05. The van der Waals surface area contributed by atoms with Crippen molar-refractivity contribution < 1.29 is 14.3 Å². The van der Waals surface area contributed by atoms with E-state index in [9.17, 15) is 9.59 Å². The lowest BCUT2D eigenvalue weighted by molar-refractivity contribution is 0.0526. The molecule has 1 N–H and O–H groups in total. The van der Waals surface area contributed by atoms with E-state index < -0.39 is 0 Å². The smallest absolute Gasteiger partial charge is 0.338 e. The Morgan fingerprint density at radius 2 is 1.65 bits per heavy atom. The molecule has 0 amide bonds. The Kier molecular flexibility index (Phi) is 6.11. The van der Waals surface area contributed by atoms with Gasteiger partial charge in [-0.05, 0) is 55.5 Å². The molecule has 0 aliphatic carbocycles. The lowest BCUT2D eigenvalue weighted by Gasteiger charge is -2.04. The molecule has 0 saturated carbocycles. The molecule has 5 heteroatoms. The van der Waals surface area contributed by atoms with E-state index in [1.165, 1.54) is 6.08 Å². The molecule has 0 heterocycles. The molecule has 2 rings (SSSR count). The minimum Gasteiger partial charge on any atom is -0.462 e. The van der Waals surface area contributed by atoms with Crippen LogP contribution in [0.2, 0.25) is 0 Å². The predicted molar refractivity (Wildman–Crippen MR) is 93.6 cm³/mol. The Balaban J connectivity index is 1.93. The van der Waals surface area contributed by atoms with Gasteiger partial charge in [0, 0.05) is 28.0 Å². The number of anilines is 1. The summed E-state index contributed by atoms with van der Waals surface area (Å²) < 4.78 is 5.84. The predicted octanol–water partition coefficient (Wildman–Crippen LogP) is 4.43. The first-order chi connectivity index (χ1) is 11.1. The van der Waals surface area contributed by atoms with E-state index in [1.807, 2.05) is 12.1 Å². The quantitative estimate of drug-likeness (QED) is 0.462. The third-order valence-corrected chi connectivity index (χ3v) is 3.54. The maximum absolute atomic E-state index is 12.0. The Morgan fingerprint density at radius 1 is 1.04 bits per heavy atom. The van der Waals surface area contributed by atoms with Crippen LogP contribution in [0.4, 0.5) is 5.69 Å². The van der Waals surface area contributed by atoms with E-state index in [4.69, 9.17) is 4.74 Å². The number of hydrogen-bond donors (Lipinski definition) is 1. The van der Waals surface area contributed by atoms with Gasteiger partial charge in [-0.1, -0.05) is 15.9 Å². The highest BCUT2D eigenvalue weighted by molar-refractivity contribution is 9.10. The number of carbonyl (C=O) groups excluding carboxylic acids is 2. The maximum Gasteiger partial charge on any atom is 0.338 e. The van der Waals surface area contributed by atoms with Crippen LogP contribution in [0.15, 0.2) is 65.3 Å². The third kappa shape index (κ3) is 5.07. The highest BCUT2D eigenvalue weighted by Crippen LogP contribution is 2.12. The van der Waals surface area contributed by atoms with Gasteiger partial charge in [0.1, 0.15) is 0 Å². The summed E-state index contributed by atoms with van der Waals surface area (Å²) in [4.78, 5) is 23.5. The zero-order valence-electron chi connectivity index (χ0n) is 12.6. The van der Waals surface area contributed by atoms with Crippen LogP contribution in [0, 0.1) is 0 Å². The number of hydrogen-bond acceptors (Lipinski definition) is 4. The number of ketones is 1. The summed E-state index contributed by atoms with van der Waals surface area (Å²) in [7, 11) is 0. The number of carbonyl (C=O) groups is 2. The molecule has 0 aliphatic heterocycles. The van der Waals surface area contributed by atoms with Crippen LogP contribution in [0.25, 0.3) is 0 Å². The molecule has 2 aromatic carbocycles. The van der Waals surface area contributed by atoms with E-state index in [-0.39, 0.29) is 11.8 Å². The molecule has 0 atom stereocenters. The minimum absolute atomic E-state index is 0.0897. The van der Waals surface area contributed by atoms with E-state index >= 15 is 0 Å². The maximum atomic E-state index is 12.0. The molecule has 0 saturated heterocycles. The van der Waals surface area contributed by atoms with E-state index in [0.717, 1.165) is 10.2 Å². The van der Waals surface area contributed by atoms with Crippen molar-refractivity contribution in [2.45, 2.75) is 6.92 Å². The van der Waals surface area contributed by atoms with Gasteiger partial charge >= 0.3 is 5.97 Å². The summed E-state index contributed by atoms with van der Waals surface area (Å²) in [6.07, 6.45) is 3.03. The van der Waals surface area contributed by atoms with Crippen LogP contribution in [-0.4, -0.2) is 18.4 Å². The fourth-order valence-corrected chi connectivity index (χ4v) is 2.11. The molecule has 0 radical (unpaired) electrons. The van der Waals surface area contributed by atoms with Crippen LogP contribution in [0.5, 0.6) is 0 Å². The zero-order chi connectivity index (χ0) is 16.7. The summed E-state index contributed by atoms with van der Waals surface area (Å²) in [6, 6.07) is 14.0. The van der Waals surface area contributed by atoms with Gasteiger partial charge in [0.05, 0.1) is 12.2 Å². The zero-order valence-corrected chi connectivity index (χ0v) is 14.2. The van der Waals surface area contributed by atoms with Crippen molar-refractivity contribution in [3.63, 3.8) is 0 Å². The second-order valence-corrected chi connectivity index (χ2v) is 5.56. The first-order valence-electron chi connectivity index (χ1n) is 7.10. The monoisotopic (exact) mass is 373 g/mol. The number of esters is 1. The first kappa shape index (κ1) is 17.0. The van der Waals surface area contributed by atoms with Crippen molar-refractivity contribution in [1.82, 2.24) is 0 Å². The standard InChI is InChI=1S/C18H16BrNO3/c1-2-23-18(22)14-5-9-16(10-6-14)20-12-11-17(21)13-3-7-15(19)8-4-13/h3-12,20H,2H2,1H3/b12-11+. The van der Waals surface area contributed by atoms with Crippen molar-refractivity contribution in [2.24, 2.45) is 0 Å². The Bertz CT molecular complexity index is 706. The molecule has 118 valence electrons. The van der Waals surface area contributed by atoms with Gasteiger partial charge in [0.25, 0.3) is 0 Å². The molecule has 2 aromatic rings. The molecule has 0 unspecified atom stereocenters. The fraction of sp³-hybridized carbons (Fsp3) is 0.111. The van der Waals surface area contributed by atoms with Crippen LogP contribution in [0.1, 0.15) is 27.6 Å². The molecule has 4 nitrogen and oxygen atoms in total. The molecule has 0 fully saturated rings. The molecule has 0 aromatic heterocycles. The SMILES string of the molecule is CCOC(=O)c1ccc(N/C=C/C(=O)c2ccc(Br)cc2)cc1. The number of allylic oxidation sites excluding steroid dienone is 1. The lowest BCUT2D eigenvalue weighted by Crippen LogP contribution is -2.04. The average molecular weight is 374 g/mol. The largest absolute Gasteiger partial charge is 0.462 e. The Morgan fingerprint density at radius 3 is 2.26 bits per heavy atom. The minimum atomic E-state index is -0.347. The molecular weight excluding hydrogens is 358 g/mol. The van der Waals surface area contributed by atoms with Crippen LogP contribution in [0.3, 0.4) is 0 Å². The average Bonchev–Trinajstić information content (AvgIpc) is 2.56. The van der Waals surface area contributed by atoms with Gasteiger partial charge in [0.15, 0.2) is 5.78 Å². The van der Waals surface area contributed by atoms with Gasteiger partial charge < -0.3 is 10.1 Å². The number of benzene rings is 2. The number of rotatable bonds is 6. The van der Waals surface area contributed by atoms with Crippen molar-refractivity contribution in [2.75, 3.05) is 11.9 Å². The van der Waals surface area contributed by atoms with E-state index in [2.05, 4.69) is 21.2 Å². The van der Waals surface area contributed by atoms with Crippen molar-refractivity contribution in [1.29, 1.82) is 0 Å². The Hall–Kier alpha value is -2.40. The number of nitrogens with one attached hydrogen (secondary N) is 1. The topological polar surface area (TPSA) is 55.4 Å². The summed E-state index contributed by atoms with van der Waals surface area (Å²) >= 11 is 3.33. The summed E-state index contributed by atoms with van der Waals surface area (Å²) in [5.74, 6) is -0.437. The number of ether oxygens (including phenoxy) is 1. The van der Waals surface area contributed by atoms with E-state index in [1.54, 1.807) is 49.5 Å². The van der Waals surface area contributed by atoms with E-state index in [0.29, 0.717) is 17.7 Å². The Labute approximate surface area is 143 Å². The van der Waals surface area contributed by atoms with Gasteiger partial charge in [0.2, 0.25) is 0 Å². The van der Waals surface area contributed by atoms with Gasteiger partial charge in [-0.2, -0.15) is 0 Å². The van der Waals surface area contributed by atoms with Crippen LogP contribution in [-0.2, 0) is 4.74 Å². The second-order valence-electron chi connectivity index (χ2n) is 4.65.